The first-order valence-corrected chi connectivity index (χ1v) is 9.64. The van der Waals surface area contributed by atoms with Crippen molar-refractivity contribution >= 4 is 17.5 Å². The molecule has 1 N–H and O–H groups in total. The lowest BCUT2D eigenvalue weighted by Gasteiger charge is -2.37. The molecule has 0 saturated carbocycles. The molecule has 6 heteroatoms. The van der Waals surface area contributed by atoms with Crippen molar-refractivity contribution in [3.8, 4) is 0 Å². The van der Waals surface area contributed by atoms with Crippen molar-refractivity contribution in [2.75, 3.05) is 51.1 Å². The van der Waals surface area contributed by atoms with Gasteiger partial charge in [-0.25, -0.2) is 0 Å². The van der Waals surface area contributed by atoms with Gasteiger partial charge in [-0.3, -0.25) is 19.4 Å². The fourth-order valence-electron chi connectivity index (χ4n) is 3.62. The number of carbonyl (C=O) groups is 2. The summed E-state index contributed by atoms with van der Waals surface area (Å²) in [6, 6.07) is 7.68. The molecule has 2 fully saturated rings. The molecule has 2 amide bonds. The van der Waals surface area contributed by atoms with Gasteiger partial charge in [0.1, 0.15) is 0 Å². The van der Waals surface area contributed by atoms with Crippen LogP contribution in [0.1, 0.15) is 25.3 Å². The Morgan fingerprint density at radius 1 is 1.00 bits per heavy atom. The Bertz CT molecular complexity index is 617. The maximum atomic E-state index is 12.5. The van der Waals surface area contributed by atoms with Crippen molar-refractivity contribution in [3.63, 3.8) is 0 Å². The number of carbonyl (C=O) groups excluding carboxylic acids is 2. The van der Waals surface area contributed by atoms with Crippen LogP contribution in [0.15, 0.2) is 24.3 Å². The number of hydrogen-bond acceptors (Lipinski definition) is 4. The van der Waals surface area contributed by atoms with Gasteiger partial charge in [-0.05, 0) is 38.8 Å². The lowest BCUT2D eigenvalue weighted by Crippen LogP contribution is -2.54. The first-order valence-electron chi connectivity index (χ1n) is 9.64. The second kappa shape index (κ2) is 8.64. The largest absolute Gasteiger partial charge is 0.342 e. The highest BCUT2D eigenvalue weighted by Crippen LogP contribution is 2.13. The molecule has 26 heavy (non-hydrogen) atoms. The van der Waals surface area contributed by atoms with Gasteiger partial charge >= 0.3 is 0 Å². The lowest BCUT2D eigenvalue weighted by atomic mass is 10.2. The minimum Gasteiger partial charge on any atom is -0.342 e. The molecule has 1 aromatic carbocycles. The van der Waals surface area contributed by atoms with Gasteiger partial charge in [-0.2, -0.15) is 0 Å². The van der Waals surface area contributed by atoms with E-state index in [1.807, 2.05) is 43.0 Å². The molecule has 3 rings (SSSR count). The predicted molar refractivity (Wildman–Crippen MR) is 103 cm³/mol. The predicted octanol–water partition coefficient (Wildman–Crippen LogP) is 1.56. The summed E-state index contributed by atoms with van der Waals surface area (Å²) in [4.78, 5) is 31.2. The Morgan fingerprint density at radius 2 is 1.62 bits per heavy atom. The van der Waals surface area contributed by atoms with Crippen molar-refractivity contribution in [2.45, 2.75) is 32.7 Å². The molecule has 2 saturated heterocycles. The summed E-state index contributed by atoms with van der Waals surface area (Å²) < 4.78 is 0. The average molecular weight is 358 g/mol. The van der Waals surface area contributed by atoms with Crippen molar-refractivity contribution in [1.29, 1.82) is 0 Å². The second-order valence-electron chi connectivity index (χ2n) is 7.43. The molecular formula is C20H30N4O2. The third kappa shape index (κ3) is 4.83. The summed E-state index contributed by atoms with van der Waals surface area (Å²) in [5.41, 5.74) is 2.01. The van der Waals surface area contributed by atoms with E-state index in [1.165, 1.54) is 5.56 Å². The van der Waals surface area contributed by atoms with Crippen molar-refractivity contribution < 1.29 is 9.59 Å². The van der Waals surface area contributed by atoms with Gasteiger partial charge in [0, 0.05) is 45.0 Å². The summed E-state index contributed by atoms with van der Waals surface area (Å²) in [6.45, 7) is 9.62. The van der Waals surface area contributed by atoms with Crippen molar-refractivity contribution in [1.82, 2.24) is 14.7 Å². The van der Waals surface area contributed by atoms with Crippen molar-refractivity contribution in [2.24, 2.45) is 0 Å². The summed E-state index contributed by atoms with van der Waals surface area (Å²) in [7, 11) is 0. The quantitative estimate of drug-likeness (QED) is 0.868. The van der Waals surface area contributed by atoms with Crippen LogP contribution in [0, 0.1) is 6.92 Å². The summed E-state index contributed by atoms with van der Waals surface area (Å²) in [5.74, 6) is 0.275. The number of nitrogens with one attached hydrogen (secondary N) is 1. The summed E-state index contributed by atoms with van der Waals surface area (Å²) in [5, 5.41) is 2.99. The van der Waals surface area contributed by atoms with Crippen LogP contribution >= 0.6 is 0 Å². The van der Waals surface area contributed by atoms with E-state index in [-0.39, 0.29) is 17.9 Å². The maximum Gasteiger partial charge on any atom is 0.241 e. The summed E-state index contributed by atoms with van der Waals surface area (Å²) >= 11 is 0. The number of rotatable bonds is 5. The van der Waals surface area contributed by atoms with E-state index < -0.39 is 0 Å². The molecule has 1 aromatic rings. The Labute approximate surface area is 156 Å². The molecule has 2 aliphatic heterocycles. The van der Waals surface area contributed by atoms with E-state index in [1.54, 1.807) is 0 Å². The van der Waals surface area contributed by atoms with E-state index >= 15 is 0 Å². The van der Waals surface area contributed by atoms with Gasteiger partial charge in [-0.15, -0.1) is 0 Å². The third-order valence-corrected chi connectivity index (χ3v) is 5.47. The fraction of sp³-hybridized carbons (Fsp3) is 0.600. The highest BCUT2D eigenvalue weighted by Gasteiger charge is 2.27. The standard InChI is InChI=1S/C20H30N4O2/c1-16-5-7-18(8-6-16)21-20(26)17(2)23-13-11-22(12-14-23)15-19(25)24-9-3-4-10-24/h5-8,17H,3-4,9-15H2,1-2H3,(H,21,26)/t17-/m1/s1. The smallest absolute Gasteiger partial charge is 0.241 e. The molecule has 0 radical (unpaired) electrons. The highest BCUT2D eigenvalue weighted by molar-refractivity contribution is 5.94. The topological polar surface area (TPSA) is 55.9 Å². The van der Waals surface area contributed by atoms with Crippen LogP contribution in [0.25, 0.3) is 0 Å². The Hall–Kier alpha value is -1.92. The molecular weight excluding hydrogens is 328 g/mol. The molecule has 142 valence electrons. The molecule has 0 bridgehead atoms. The van der Waals surface area contributed by atoms with Crippen LogP contribution in [0.3, 0.4) is 0 Å². The highest BCUT2D eigenvalue weighted by atomic mass is 16.2. The van der Waals surface area contributed by atoms with Crippen LogP contribution in [0.4, 0.5) is 5.69 Å². The lowest BCUT2D eigenvalue weighted by molar-refractivity contribution is -0.132. The van der Waals surface area contributed by atoms with Crippen LogP contribution in [-0.2, 0) is 9.59 Å². The molecule has 0 spiro atoms. The fourth-order valence-corrected chi connectivity index (χ4v) is 3.62. The second-order valence-corrected chi connectivity index (χ2v) is 7.43. The monoisotopic (exact) mass is 358 g/mol. The van der Waals surface area contributed by atoms with Gasteiger partial charge in [-0.1, -0.05) is 17.7 Å². The van der Waals surface area contributed by atoms with Gasteiger partial charge < -0.3 is 10.2 Å². The number of hydrogen-bond donors (Lipinski definition) is 1. The number of benzene rings is 1. The van der Waals surface area contributed by atoms with E-state index in [9.17, 15) is 9.59 Å². The zero-order valence-electron chi connectivity index (χ0n) is 15.9. The zero-order valence-corrected chi connectivity index (χ0v) is 15.9. The Morgan fingerprint density at radius 3 is 2.23 bits per heavy atom. The first kappa shape index (κ1) is 18.9. The number of piperazine rings is 1. The van der Waals surface area contributed by atoms with Crippen molar-refractivity contribution in [3.05, 3.63) is 29.8 Å². The summed E-state index contributed by atoms with van der Waals surface area (Å²) in [6.07, 6.45) is 2.26. The van der Waals surface area contributed by atoms with E-state index in [0.717, 1.165) is 57.8 Å². The first-order chi connectivity index (χ1) is 12.5. The zero-order chi connectivity index (χ0) is 18.5. The molecule has 0 unspecified atom stereocenters. The molecule has 0 aromatic heterocycles. The van der Waals surface area contributed by atoms with Gasteiger partial charge in [0.05, 0.1) is 12.6 Å². The molecule has 1 atom stereocenters. The number of likely N-dealkylation sites (tertiary alicyclic amines) is 1. The maximum absolute atomic E-state index is 12.5. The van der Waals surface area contributed by atoms with Crippen LogP contribution < -0.4 is 5.32 Å². The SMILES string of the molecule is Cc1ccc(NC(=O)[C@@H](C)N2CCN(CC(=O)N3CCCC3)CC2)cc1. The molecule has 2 aliphatic rings. The van der Waals surface area contributed by atoms with Gasteiger partial charge in [0.25, 0.3) is 0 Å². The third-order valence-electron chi connectivity index (χ3n) is 5.47. The normalized spacial score (nSPS) is 20.2. The molecule has 6 nitrogen and oxygen atoms in total. The van der Waals surface area contributed by atoms with E-state index in [4.69, 9.17) is 0 Å². The van der Waals surface area contributed by atoms with Crippen LogP contribution in [0.5, 0.6) is 0 Å². The minimum atomic E-state index is -0.173. The Kier molecular flexibility index (Phi) is 6.27. The van der Waals surface area contributed by atoms with Gasteiger partial charge in [0.2, 0.25) is 11.8 Å². The Balaban J connectivity index is 1.43. The number of nitrogens with zero attached hydrogens (tertiary/aromatic N) is 3. The van der Waals surface area contributed by atoms with Crippen LogP contribution in [-0.4, -0.2) is 78.4 Å². The molecule has 2 heterocycles. The average Bonchev–Trinajstić information content (AvgIpc) is 3.18. The number of amides is 2. The number of aryl methyl sites for hydroxylation is 1. The molecule has 0 aliphatic carbocycles. The van der Waals surface area contributed by atoms with Gasteiger partial charge in [0.15, 0.2) is 0 Å². The minimum absolute atomic E-state index is 0.0236. The van der Waals surface area contributed by atoms with E-state index in [2.05, 4.69) is 15.1 Å². The number of anilines is 1. The van der Waals surface area contributed by atoms with Crippen LogP contribution in [0.2, 0.25) is 0 Å². The van der Waals surface area contributed by atoms with E-state index in [0.29, 0.717) is 6.54 Å².